The molecule has 4 atom stereocenters. The molecule has 0 unspecified atom stereocenters. The summed E-state index contributed by atoms with van der Waals surface area (Å²) in [5, 5.41) is 22.8. The summed E-state index contributed by atoms with van der Waals surface area (Å²) in [4.78, 5) is 8.86. The highest BCUT2D eigenvalue weighted by Gasteiger charge is 2.35. The number of phenolic OH excluding ortho intramolecular Hbond substituents is 1. The molecule has 1 aliphatic rings. The van der Waals surface area contributed by atoms with Gasteiger partial charge in [0.2, 0.25) is 0 Å². The summed E-state index contributed by atoms with van der Waals surface area (Å²) in [6.07, 6.45) is 7.52. The van der Waals surface area contributed by atoms with Crippen molar-refractivity contribution in [3.05, 3.63) is 77.5 Å². The number of phenols is 1. The molecule has 8 nitrogen and oxygen atoms in total. The molecule has 3 aromatic heterocycles. The zero-order valence-electron chi connectivity index (χ0n) is 20.9. The standard InChI is InChI=1S/C28H28F2N6O2/c1-16-9-17(10-24(32)28(16)38-8-2-6-31)21-5-7-33-14-18(21)11-26-34-15-19-3-4-25(35-36(19)26)27-22(29)12-20(37)13-23(27)30/h3-5,7,12-17,24,28,37H,2,8-11,32H2,1H3/t16-,17+,24+,28-/m0/s1. The fourth-order valence-corrected chi connectivity index (χ4v) is 5.49. The van der Waals surface area contributed by atoms with E-state index in [1.54, 1.807) is 23.0 Å². The van der Waals surface area contributed by atoms with Crippen LogP contribution in [0.3, 0.4) is 0 Å². The topological polar surface area (TPSA) is 122 Å². The van der Waals surface area contributed by atoms with E-state index in [9.17, 15) is 13.9 Å². The van der Waals surface area contributed by atoms with E-state index in [0.29, 0.717) is 30.8 Å². The Labute approximate surface area is 218 Å². The number of pyridine rings is 1. The molecule has 5 rings (SSSR count). The van der Waals surface area contributed by atoms with Crippen LogP contribution in [0.4, 0.5) is 8.78 Å². The molecule has 38 heavy (non-hydrogen) atoms. The maximum Gasteiger partial charge on any atom is 0.139 e. The van der Waals surface area contributed by atoms with Crippen molar-refractivity contribution in [2.24, 2.45) is 11.7 Å². The summed E-state index contributed by atoms with van der Waals surface area (Å²) in [7, 11) is 0. The Morgan fingerprint density at radius 2 is 1.97 bits per heavy atom. The van der Waals surface area contributed by atoms with Crippen molar-refractivity contribution in [2.75, 3.05) is 6.61 Å². The molecule has 3 heterocycles. The van der Waals surface area contributed by atoms with Crippen LogP contribution in [0.25, 0.3) is 16.8 Å². The van der Waals surface area contributed by atoms with Gasteiger partial charge in [0, 0.05) is 37.0 Å². The van der Waals surface area contributed by atoms with Gasteiger partial charge in [0.05, 0.1) is 48.2 Å². The Hall–Kier alpha value is -3.94. The van der Waals surface area contributed by atoms with Crippen LogP contribution >= 0.6 is 0 Å². The molecule has 0 amide bonds. The maximum absolute atomic E-state index is 14.5. The lowest BCUT2D eigenvalue weighted by atomic mass is 9.73. The number of nitrogens with zero attached hydrogens (tertiary/aromatic N) is 5. The smallest absolute Gasteiger partial charge is 0.139 e. The van der Waals surface area contributed by atoms with E-state index in [4.69, 9.17) is 15.7 Å². The largest absolute Gasteiger partial charge is 0.508 e. The lowest BCUT2D eigenvalue weighted by Crippen LogP contribution is -2.46. The summed E-state index contributed by atoms with van der Waals surface area (Å²) < 4.78 is 36.5. The number of imidazole rings is 1. The number of fused-ring (bicyclic) bond motifs is 1. The molecule has 1 saturated carbocycles. The zero-order chi connectivity index (χ0) is 26.8. The number of ether oxygens (including phenoxy) is 1. The molecule has 0 radical (unpaired) electrons. The lowest BCUT2D eigenvalue weighted by molar-refractivity contribution is -0.0199. The summed E-state index contributed by atoms with van der Waals surface area (Å²) in [6, 6.07) is 8.88. The average molecular weight is 519 g/mol. The van der Waals surface area contributed by atoms with Crippen molar-refractivity contribution >= 4 is 5.52 Å². The number of hydrogen-bond acceptors (Lipinski definition) is 7. The number of aromatic nitrogens is 4. The van der Waals surface area contributed by atoms with Gasteiger partial charge in [0.1, 0.15) is 23.2 Å². The summed E-state index contributed by atoms with van der Waals surface area (Å²) >= 11 is 0. The first-order chi connectivity index (χ1) is 18.4. The highest BCUT2D eigenvalue weighted by Crippen LogP contribution is 2.38. The van der Waals surface area contributed by atoms with Gasteiger partial charge in [-0.2, -0.15) is 10.4 Å². The van der Waals surface area contributed by atoms with Crippen LogP contribution in [0.1, 0.15) is 49.1 Å². The van der Waals surface area contributed by atoms with Crippen LogP contribution in [-0.4, -0.2) is 43.4 Å². The van der Waals surface area contributed by atoms with Crippen LogP contribution in [-0.2, 0) is 11.2 Å². The van der Waals surface area contributed by atoms with Crippen molar-refractivity contribution in [1.82, 2.24) is 19.6 Å². The second-order valence-corrected chi connectivity index (χ2v) is 9.82. The lowest BCUT2D eigenvalue weighted by Gasteiger charge is -2.39. The first-order valence-corrected chi connectivity index (χ1v) is 12.5. The van der Waals surface area contributed by atoms with Gasteiger partial charge in [0.15, 0.2) is 0 Å². The quantitative estimate of drug-likeness (QED) is 0.345. The van der Waals surface area contributed by atoms with E-state index in [1.165, 1.54) is 6.07 Å². The van der Waals surface area contributed by atoms with Gasteiger partial charge in [-0.1, -0.05) is 6.92 Å². The van der Waals surface area contributed by atoms with Gasteiger partial charge in [-0.15, -0.1) is 0 Å². The number of rotatable bonds is 7. The van der Waals surface area contributed by atoms with Gasteiger partial charge in [0.25, 0.3) is 0 Å². The Morgan fingerprint density at radius 3 is 2.71 bits per heavy atom. The first kappa shape index (κ1) is 25.7. The van der Waals surface area contributed by atoms with Gasteiger partial charge in [-0.05, 0) is 54.0 Å². The van der Waals surface area contributed by atoms with E-state index >= 15 is 0 Å². The van der Waals surface area contributed by atoms with Crippen LogP contribution < -0.4 is 5.73 Å². The van der Waals surface area contributed by atoms with Gasteiger partial charge < -0.3 is 15.6 Å². The SMILES string of the molecule is C[C@H]1C[C@@H](c2ccncc2Cc2ncc3ccc(-c4c(F)cc(O)cc4F)nn23)C[C@@H](N)[C@H]1OCCC#N. The number of halogens is 2. The first-order valence-electron chi connectivity index (χ1n) is 12.5. The second kappa shape index (κ2) is 10.8. The minimum atomic E-state index is -0.900. The van der Waals surface area contributed by atoms with Crippen molar-refractivity contribution in [2.45, 2.75) is 50.7 Å². The van der Waals surface area contributed by atoms with E-state index < -0.39 is 17.4 Å². The molecule has 0 saturated heterocycles. The molecule has 10 heteroatoms. The summed E-state index contributed by atoms with van der Waals surface area (Å²) in [5.74, 6) is -1.28. The summed E-state index contributed by atoms with van der Waals surface area (Å²) in [6.45, 7) is 2.50. The molecule has 1 aliphatic carbocycles. The van der Waals surface area contributed by atoms with Gasteiger partial charge >= 0.3 is 0 Å². The highest BCUT2D eigenvalue weighted by molar-refractivity contribution is 5.63. The molecule has 1 fully saturated rings. The third-order valence-electron chi connectivity index (χ3n) is 7.19. The fourth-order valence-electron chi connectivity index (χ4n) is 5.49. The van der Waals surface area contributed by atoms with Crippen LogP contribution in [0, 0.1) is 28.9 Å². The minimum absolute atomic E-state index is 0.0904. The molecule has 0 aliphatic heterocycles. The predicted molar refractivity (Wildman–Crippen MR) is 136 cm³/mol. The van der Waals surface area contributed by atoms with E-state index in [0.717, 1.165) is 36.1 Å². The zero-order valence-corrected chi connectivity index (χ0v) is 20.9. The van der Waals surface area contributed by atoms with E-state index in [2.05, 4.69) is 28.1 Å². The highest BCUT2D eigenvalue weighted by atomic mass is 19.1. The normalized spacial score (nSPS) is 21.4. The van der Waals surface area contributed by atoms with Crippen LogP contribution in [0.5, 0.6) is 5.75 Å². The maximum atomic E-state index is 14.5. The van der Waals surface area contributed by atoms with Crippen LogP contribution in [0.15, 0.2) is 48.9 Å². The van der Waals surface area contributed by atoms with Crippen molar-refractivity contribution in [3.8, 4) is 23.1 Å². The van der Waals surface area contributed by atoms with Crippen LogP contribution in [0.2, 0.25) is 0 Å². The Bertz CT molecular complexity index is 1470. The molecular formula is C28H28F2N6O2. The number of aromatic hydroxyl groups is 1. The number of hydrogen-bond donors (Lipinski definition) is 2. The fraction of sp³-hybridized carbons (Fsp3) is 0.357. The second-order valence-electron chi connectivity index (χ2n) is 9.82. The number of nitriles is 1. The summed E-state index contributed by atoms with van der Waals surface area (Å²) in [5.41, 5.74) is 9.07. The van der Waals surface area contributed by atoms with Gasteiger partial charge in [-0.3, -0.25) is 4.98 Å². The van der Waals surface area contributed by atoms with E-state index in [-0.39, 0.29) is 35.2 Å². The third kappa shape index (κ3) is 5.08. The van der Waals surface area contributed by atoms with Crippen molar-refractivity contribution in [1.29, 1.82) is 5.26 Å². The molecule has 0 spiro atoms. The van der Waals surface area contributed by atoms with Crippen molar-refractivity contribution < 1.29 is 18.6 Å². The molecule has 0 bridgehead atoms. The number of benzene rings is 1. The molecule has 4 aromatic rings. The molecular weight excluding hydrogens is 490 g/mol. The molecule has 196 valence electrons. The van der Waals surface area contributed by atoms with Gasteiger partial charge in [-0.25, -0.2) is 18.3 Å². The Morgan fingerprint density at radius 1 is 1.18 bits per heavy atom. The predicted octanol–water partition coefficient (Wildman–Crippen LogP) is 4.51. The monoisotopic (exact) mass is 518 g/mol. The molecule has 3 N–H and O–H groups in total. The Kier molecular flexibility index (Phi) is 7.31. The minimum Gasteiger partial charge on any atom is -0.508 e. The number of nitrogens with two attached hydrogens (primary N) is 1. The average Bonchev–Trinajstić information content (AvgIpc) is 3.27. The molecule has 1 aromatic carbocycles. The van der Waals surface area contributed by atoms with E-state index in [1.807, 2.05) is 12.3 Å². The Balaban J connectivity index is 1.42. The third-order valence-corrected chi connectivity index (χ3v) is 7.19. The van der Waals surface area contributed by atoms with Crippen molar-refractivity contribution in [3.63, 3.8) is 0 Å².